The van der Waals surface area contributed by atoms with Crippen molar-refractivity contribution >= 4 is 45.8 Å². The van der Waals surface area contributed by atoms with Gasteiger partial charge in [0.05, 0.1) is 11.8 Å². The molecule has 1 atom stereocenters. The minimum atomic E-state index is -4.99. The van der Waals surface area contributed by atoms with Gasteiger partial charge in [0.25, 0.3) is 5.91 Å². The van der Waals surface area contributed by atoms with Gasteiger partial charge >= 0.3 is 18.2 Å². The number of hydrogen-bond acceptors (Lipinski definition) is 7. The highest BCUT2D eigenvalue weighted by Gasteiger charge is 2.40. The van der Waals surface area contributed by atoms with E-state index in [2.05, 4.69) is 15.4 Å². The molecule has 1 aliphatic heterocycles. The summed E-state index contributed by atoms with van der Waals surface area (Å²) in [4.78, 5) is 41.9. The van der Waals surface area contributed by atoms with E-state index >= 15 is 0 Å². The zero-order chi connectivity index (χ0) is 29.9. The summed E-state index contributed by atoms with van der Waals surface area (Å²) < 4.78 is 68.4. The largest absolute Gasteiger partial charge is 0.471 e. The van der Waals surface area contributed by atoms with Gasteiger partial charge in [-0.1, -0.05) is 17.4 Å². The van der Waals surface area contributed by atoms with Crippen LogP contribution in [0.5, 0.6) is 0 Å². The first-order valence-electron chi connectivity index (χ1n) is 12.3. The van der Waals surface area contributed by atoms with E-state index in [0.717, 1.165) is 18.2 Å². The number of aromatic nitrogens is 3. The van der Waals surface area contributed by atoms with Crippen molar-refractivity contribution in [2.24, 2.45) is 0 Å². The average molecular weight is 602 g/mol. The monoisotopic (exact) mass is 601 g/mol. The quantitative estimate of drug-likeness (QED) is 0.288. The topological polar surface area (TPSA) is 141 Å². The van der Waals surface area contributed by atoms with Crippen molar-refractivity contribution in [1.29, 1.82) is 0 Å². The summed E-state index contributed by atoms with van der Waals surface area (Å²) in [6.07, 6.45) is -4.25. The van der Waals surface area contributed by atoms with Gasteiger partial charge < -0.3 is 20.6 Å². The first kappa shape index (κ1) is 29.7. The third-order valence-corrected chi connectivity index (χ3v) is 7.21. The Hall–Kier alpha value is -4.28. The summed E-state index contributed by atoms with van der Waals surface area (Å²) in [5.74, 6) is -4.37. The number of nitrogens with one attached hydrogen (secondary N) is 3. The molecule has 0 radical (unpaired) electrons. The number of rotatable bonds is 7. The number of carbonyl (C=O) groups is 3. The molecule has 1 fully saturated rings. The lowest BCUT2D eigenvalue weighted by Gasteiger charge is -2.25. The number of aryl methyl sites for hydroxylation is 1. The summed E-state index contributed by atoms with van der Waals surface area (Å²) in [7, 11) is 0. The smallest absolute Gasteiger partial charge is 0.465 e. The van der Waals surface area contributed by atoms with Crippen LogP contribution in [0.1, 0.15) is 36.7 Å². The maximum Gasteiger partial charge on any atom is 0.471 e. The van der Waals surface area contributed by atoms with Crippen molar-refractivity contribution in [2.75, 3.05) is 28.6 Å². The van der Waals surface area contributed by atoms with E-state index in [9.17, 15) is 41.4 Å². The molecule has 11 nitrogen and oxygen atoms in total. The molecular weight excluding hydrogens is 577 g/mol. The van der Waals surface area contributed by atoms with Gasteiger partial charge in [-0.05, 0) is 38.3 Å². The number of anilines is 3. The molecule has 0 aliphatic carbocycles. The molecule has 1 saturated heterocycles. The molecule has 1 aliphatic rings. The van der Waals surface area contributed by atoms with Crippen LogP contribution in [-0.2, 0) is 11.3 Å². The second-order valence-corrected chi connectivity index (χ2v) is 9.96. The van der Waals surface area contributed by atoms with Crippen LogP contribution in [0.4, 0.5) is 43.3 Å². The van der Waals surface area contributed by atoms with Gasteiger partial charge in [-0.25, -0.2) is 23.2 Å². The van der Waals surface area contributed by atoms with E-state index in [1.165, 1.54) is 6.20 Å². The maximum atomic E-state index is 14.4. The van der Waals surface area contributed by atoms with E-state index in [1.54, 1.807) is 11.6 Å². The number of thiazole rings is 1. The normalized spacial score (nSPS) is 15.8. The Morgan fingerprint density at radius 2 is 1.83 bits per heavy atom. The Morgan fingerprint density at radius 3 is 2.46 bits per heavy atom. The Kier molecular flexibility index (Phi) is 8.74. The molecule has 1 aromatic carbocycles. The Morgan fingerprint density at radius 1 is 1.12 bits per heavy atom. The van der Waals surface area contributed by atoms with Crippen molar-refractivity contribution in [3.05, 3.63) is 41.7 Å². The van der Waals surface area contributed by atoms with E-state index in [4.69, 9.17) is 0 Å². The summed E-state index contributed by atoms with van der Waals surface area (Å²) >= 11 is 0.570. The van der Waals surface area contributed by atoms with Gasteiger partial charge in [-0.2, -0.15) is 18.3 Å². The van der Waals surface area contributed by atoms with Crippen LogP contribution in [0, 0.1) is 11.6 Å². The summed E-state index contributed by atoms with van der Waals surface area (Å²) in [5.41, 5.74) is -0.764. The third kappa shape index (κ3) is 6.72. The van der Waals surface area contributed by atoms with Crippen molar-refractivity contribution < 1.29 is 41.4 Å². The molecule has 3 aromatic rings. The molecule has 220 valence electrons. The molecule has 41 heavy (non-hydrogen) atoms. The number of halogens is 5. The molecule has 3 heterocycles. The third-order valence-electron chi connectivity index (χ3n) is 6.22. The Labute approximate surface area is 233 Å². The Bertz CT molecular complexity index is 1440. The lowest BCUT2D eigenvalue weighted by Crippen LogP contribution is -2.43. The van der Waals surface area contributed by atoms with Gasteiger partial charge in [0.2, 0.25) is 0 Å². The summed E-state index contributed by atoms with van der Waals surface area (Å²) in [6, 6.07) is 2.43. The molecule has 0 saturated carbocycles. The Balaban J connectivity index is 1.59. The predicted molar refractivity (Wildman–Crippen MR) is 139 cm³/mol. The molecule has 4 rings (SSSR count). The summed E-state index contributed by atoms with van der Waals surface area (Å²) in [5, 5.41) is 19.6. The van der Waals surface area contributed by atoms with Crippen molar-refractivity contribution in [3.63, 3.8) is 0 Å². The van der Waals surface area contributed by atoms with Gasteiger partial charge in [0.15, 0.2) is 11.5 Å². The average Bonchev–Trinajstić information content (AvgIpc) is 3.40. The van der Waals surface area contributed by atoms with Gasteiger partial charge in [0.1, 0.15) is 27.3 Å². The van der Waals surface area contributed by atoms with Crippen molar-refractivity contribution in [2.45, 2.75) is 44.9 Å². The van der Waals surface area contributed by atoms with Gasteiger partial charge in [-0.3, -0.25) is 14.9 Å². The second-order valence-electron chi connectivity index (χ2n) is 8.96. The molecule has 4 N–H and O–H groups in total. The zero-order valence-electron chi connectivity index (χ0n) is 21.4. The number of hydrogen-bond donors (Lipinski definition) is 4. The SMILES string of the molecule is CCn1ncc(NC(=O)c2nc(-c3c(F)cccc3F)sc2NC(=O)O)c1N1CCCC(NC(=O)C(F)(F)F)CC1. The van der Waals surface area contributed by atoms with E-state index in [0.29, 0.717) is 43.1 Å². The summed E-state index contributed by atoms with van der Waals surface area (Å²) in [6.45, 7) is 2.77. The van der Waals surface area contributed by atoms with Crippen molar-refractivity contribution in [1.82, 2.24) is 20.1 Å². The van der Waals surface area contributed by atoms with Crippen LogP contribution in [0.2, 0.25) is 0 Å². The van der Waals surface area contributed by atoms with E-state index in [1.807, 2.05) is 15.5 Å². The van der Waals surface area contributed by atoms with Crippen LogP contribution in [0.15, 0.2) is 24.4 Å². The lowest BCUT2D eigenvalue weighted by molar-refractivity contribution is -0.174. The fourth-order valence-electron chi connectivity index (χ4n) is 4.40. The van der Waals surface area contributed by atoms with Crippen LogP contribution < -0.4 is 20.9 Å². The molecular formula is C24H24F5N7O4S. The van der Waals surface area contributed by atoms with E-state index in [-0.39, 0.29) is 28.7 Å². The van der Waals surface area contributed by atoms with Crippen molar-refractivity contribution in [3.8, 4) is 10.6 Å². The minimum Gasteiger partial charge on any atom is -0.465 e. The minimum absolute atomic E-state index is 0.195. The number of alkyl halides is 3. The molecule has 0 spiro atoms. The highest BCUT2D eigenvalue weighted by atomic mass is 32.1. The molecule has 3 amide bonds. The number of nitrogens with zero attached hydrogens (tertiary/aromatic N) is 4. The predicted octanol–water partition coefficient (Wildman–Crippen LogP) is 4.68. The highest BCUT2D eigenvalue weighted by Crippen LogP contribution is 2.36. The molecule has 17 heteroatoms. The van der Waals surface area contributed by atoms with Crippen LogP contribution in [-0.4, -0.2) is 63.1 Å². The van der Waals surface area contributed by atoms with Gasteiger partial charge in [0, 0.05) is 25.7 Å². The number of benzene rings is 1. The van der Waals surface area contributed by atoms with E-state index < -0.39 is 53.0 Å². The number of amides is 3. The first-order chi connectivity index (χ1) is 19.4. The molecule has 2 aromatic heterocycles. The maximum absolute atomic E-state index is 14.4. The zero-order valence-corrected chi connectivity index (χ0v) is 22.2. The fraction of sp³-hybridized carbons (Fsp3) is 0.375. The fourth-order valence-corrected chi connectivity index (χ4v) is 5.40. The van der Waals surface area contributed by atoms with Crippen LogP contribution >= 0.6 is 11.3 Å². The first-order valence-corrected chi connectivity index (χ1v) is 13.2. The molecule has 0 bridgehead atoms. The highest BCUT2D eigenvalue weighted by molar-refractivity contribution is 7.19. The second kappa shape index (κ2) is 12.1. The van der Waals surface area contributed by atoms with Gasteiger partial charge in [-0.15, -0.1) is 0 Å². The number of carbonyl (C=O) groups excluding carboxylic acids is 2. The van der Waals surface area contributed by atoms with Crippen LogP contribution in [0.3, 0.4) is 0 Å². The molecule has 1 unspecified atom stereocenters. The number of carboxylic acid groups (broad SMARTS) is 1. The lowest BCUT2D eigenvalue weighted by atomic mass is 10.1. The standard InChI is InChI=1S/C24H24F5N7O4S/c1-2-36-21(35-9-4-5-12(8-10-35)31-22(38)24(27,28)29)15(11-30-36)32-18(37)17-20(34-23(39)40)41-19(33-17)16-13(25)6-3-7-14(16)26/h3,6-7,11-12,34H,2,4-5,8-10H2,1H3,(H,31,38)(H,32,37)(H,39,40). The van der Waals surface area contributed by atoms with Crippen LogP contribution in [0.25, 0.3) is 10.6 Å².